The van der Waals surface area contributed by atoms with Gasteiger partial charge in [-0.1, -0.05) is 43.7 Å². The Balaban J connectivity index is 1.43. The first-order valence-electron chi connectivity index (χ1n) is 15.1. The van der Waals surface area contributed by atoms with Crippen LogP contribution in [0.25, 0.3) is 0 Å². The molecule has 2 aromatic rings. The fourth-order valence-corrected chi connectivity index (χ4v) is 9.08. The molecule has 42 heavy (non-hydrogen) atoms. The number of carbonyl (C=O) groups excluding carboxylic acids is 1. The Morgan fingerprint density at radius 3 is 2.71 bits per heavy atom. The molecule has 2 bridgehead atoms. The number of amides is 1. The van der Waals surface area contributed by atoms with Crippen LogP contribution < -0.4 is 14.4 Å². The number of benzene rings is 2. The normalized spacial score (nSPS) is 33.3. The van der Waals surface area contributed by atoms with Crippen LogP contribution in [0.2, 0.25) is 5.02 Å². The van der Waals surface area contributed by atoms with Crippen molar-refractivity contribution >= 4 is 33.2 Å². The summed E-state index contributed by atoms with van der Waals surface area (Å²) in [6, 6.07) is 11.5. The summed E-state index contributed by atoms with van der Waals surface area (Å²) in [5.41, 5.74) is 3.48. The Morgan fingerprint density at radius 1 is 1.12 bits per heavy atom. The third kappa shape index (κ3) is 5.70. The molecule has 1 fully saturated rings. The lowest BCUT2D eigenvalue weighted by Crippen LogP contribution is -2.49. The van der Waals surface area contributed by atoms with Crippen molar-refractivity contribution in [1.29, 1.82) is 0 Å². The van der Waals surface area contributed by atoms with E-state index in [0.717, 1.165) is 61.7 Å². The molecular formula is C33H41ClN2O5S. The maximum absolute atomic E-state index is 13.3. The number of methoxy groups -OCH3 is 1. The highest BCUT2D eigenvalue weighted by Crippen LogP contribution is 2.47. The molecule has 0 radical (unpaired) electrons. The van der Waals surface area contributed by atoms with Crippen LogP contribution in [0.4, 0.5) is 5.69 Å². The molecule has 6 rings (SSSR count). The van der Waals surface area contributed by atoms with E-state index in [1.165, 1.54) is 11.1 Å². The fourth-order valence-electron chi connectivity index (χ4n) is 7.40. The third-order valence-electron chi connectivity index (χ3n) is 10.2. The van der Waals surface area contributed by atoms with Crippen molar-refractivity contribution in [1.82, 2.24) is 4.72 Å². The molecule has 1 saturated carbocycles. The van der Waals surface area contributed by atoms with Crippen molar-refractivity contribution in [3.05, 3.63) is 70.3 Å². The molecule has 1 N–H and O–H groups in total. The Bertz CT molecular complexity index is 1490. The number of hydrogen-bond acceptors (Lipinski definition) is 6. The monoisotopic (exact) mass is 612 g/mol. The highest BCUT2D eigenvalue weighted by molar-refractivity contribution is 7.90. The zero-order valence-corrected chi connectivity index (χ0v) is 26.2. The third-order valence-corrected chi connectivity index (χ3v) is 11.9. The minimum absolute atomic E-state index is 0.00846. The van der Waals surface area contributed by atoms with Gasteiger partial charge in [-0.25, -0.2) is 13.1 Å². The van der Waals surface area contributed by atoms with E-state index in [1.54, 1.807) is 13.2 Å². The molecule has 226 valence electrons. The van der Waals surface area contributed by atoms with Crippen LogP contribution >= 0.6 is 11.6 Å². The number of hydrogen-bond donors (Lipinski definition) is 1. The van der Waals surface area contributed by atoms with E-state index in [1.807, 2.05) is 32.0 Å². The minimum Gasteiger partial charge on any atom is -0.490 e. The predicted molar refractivity (Wildman–Crippen MR) is 166 cm³/mol. The number of carbonyl (C=O) groups is 1. The average Bonchev–Trinajstić information content (AvgIpc) is 3.08. The second kappa shape index (κ2) is 11.5. The first-order valence-corrected chi connectivity index (χ1v) is 17.2. The Hall–Kier alpha value is -2.55. The van der Waals surface area contributed by atoms with Crippen LogP contribution in [0.15, 0.2) is 48.6 Å². The summed E-state index contributed by atoms with van der Waals surface area (Å²) in [4.78, 5) is 15.7. The topological polar surface area (TPSA) is 84.9 Å². The number of fused-ring (bicyclic) bond motifs is 4. The summed E-state index contributed by atoms with van der Waals surface area (Å²) in [5.74, 6) is 0.573. The van der Waals surface area contributed by atoms with Crippen LogP contribution in [0, 0.1) is 23.7 Å². The van der Waals surface area contributed by atoms with E-state index >= 15 is 0 Å². The van der Waals surface area contributed by atoms with Gasteiger partial charge >= 0.3 is 0 Å². The highest BCUT2D eigenvalue weighted by atomic mass is 35.5. The summed E-state index contributed by atoms with van der Waals surface area (Å²) in [5, 5.41) is 0.749. The fraction of sp³-hybridized carbons (Fsp3) is 0.545. The molecule has 0 unspecified atom stereocenters. The highest BCUT2D eigenvalue weighted by Gasteiger charge is 2.44. The number of nitrogens with one attached hydrogen (secondary N) is 1. The van der Waals surface area contributed by atoms with E-state index in [9.17, 15) is 13.2 Å². The first kappa shape index (κ1) is 29.5. The van der Waals surface area contributed by atoms with Crippen molar-refractivity contribution in [2.75, 3.05) is 37.5 Å². The predicted octanol–water partition coefficient (Wildman–Crippen LogP) is 5.76. The molecule has 2 heterocycles. The number of ether oxygens (including phenoxy) is 2. The molecule has 6 atom stereocenters. The molecule has 2 aliphatic carbocycles. The van der Waals surface area contributed by atoms with E-state index < -0.39 is 15.9 Å². The summed E-state index contributed by atoms with van der Waals surface area (Å²) in [7, 11) is -2.08. The summed E-state index contributed by atoms with van der Waals surface area (Å²) in [6.07, 6.45) is 9.38. The van der Waals surface area contributed by atoms with Crippen LogP contribution in [0.3, 0.4) is 0 Å². The average molecular weight is 613 g/mol. The van der Waals surface area contributed by atoms with E-state index in [0.29, 0.717) is 24.0 Å². The molecule has 7 nitrogen and oxygen atoms in total. The minimum atomic E-state index is -3.84. The van der Waals surface area contributed by atoms with Gasteiger partial charge in [-0.05, 0) is 97.2 Å². The lowest BCUT2D eigenvalue weighted by molar-refractivity contribution is 0.0130. The second-order valence-electron chi connectivity index (χ2n) is 12.9. The van der Waals surface area contributed by atoms with Crippen molar-refractivity contribution < 1.29 is 22.7 Å². The molecular weight excluding hydrogens is 572 g/mol. The van der Waals surface area contributed by atoms with Gasteiger partial charge in [-0.2, -0.15) is 0 Å². The molecule has 9 heteroatoms. The molecule has 1 spiro atoms. The van der Waals surface area contributed by atoms with Gasteiger partial charge in [0.2, 0.25) is 10.0 Å². The largest absolute Gasteiger partial charge is 0.490 e. The standard InChI is InChI=1S/C33H41ClN2O5S/c1-21-6-12-30(40-3)27-10-7-25(27)17-36-19-33(14-4-5-23-15-26(34)9-11-28(23)33)20-41-31-13-8-24(16-29(31)36)32(37)35-42(38,39)18-22(21)2/h6,8-9,11-13,15-16,21-22,25,27,30H,4-5,7,10,14,17-20H2,1-3H3,(H,35,37)/b12-6+/t21-,22+,25-,27+,30-,33-/m0/s1. The van der Waals surface area contributed by atoms with Gasteiger partial charge in [0, 0.05) is 36.2 Å². The summed E-state index contributed by atoms with van der Waals surface area (Å²) >= 11 is 6.40. The van der Waals surface area contributed by atoms with E-state index in [4.69, 9.17) is 21.1 Å². The van der Waals surface area contributed by atoms with Crippen LogP contribution in [-0.2, 0) is 26.6 Å². The number of nitrogens with zero attached hydrogens (tertiary/aromatic N) is 1. The zero-order chi connectivity index (χ0) is 29.6. The number of halogens is 1. The molecule has 1 amide bonds. The van der Waals surface area contributed by atoms with Gasteiger partial charge in [0.25, 0.3) is 5.91 Å². The van der Waals surface area contributed by atoms with Crippen molar-refractivity contribution in [3.8, 4) is 5.75 Å². The second-order valence-corrected chi connectivity index (χ2v) is 15.1. The first-order chi connectivity index (χ1) is 20.1. The Morgan fingerprint density at radius 2 is 1.95 bits per heavy atom. The number of sulfonamides is 1. The van der Waals surface area contributed by atoms with Gasteiger partial charge in [0.05, 0.1) is 24.2 Å². The van der Waals surface area contributed by atoms with Gasteiger partial charge in [0.1, 0.15) is 5.75 Å². The van der Waals surface area contributed by atoms with E-state index in [2.05, 4.69) is 33.9 Å². The quantitative estimate of drug-likeness (QED) is 0.413. The van der Waals surface area contributed by atoms with Gasteiger partial charge in [-0.3, -0.25) is 4.79 Å². The Labute approximate surface area is 254 Å². The van der Waals surface area contributed by atoms with Crippen molar-refractivity contribution in [3.63, 3.8) is 0 Å². The zero-order valence-electron chi connectivity index (χ0n) is 24.6. The lowest BCUT2D eigenvalue weighted by Gasteiger charge is -2.46. The molecule has 4 aliphatic rings. The molecule has 2 aliphatic heterocycles. The van der Waals surface area contributed by atoms with Gasteiger partial charge in [-0.15, -0.1) is 0 Å². The van der Waals surface area contributed by atoms with Crippen LogP contribution in [-0.4, -0.2) is 53.0 Å². The smallest absolute Gasteiger partial charge is 0.264 e. The van der Waals surface area contributed by atoms with Gasteiger partial charge < -0.3 is 14.4 Å². The molecule has 0 saturated heterocycles. The van der Waals surface area contributed by atoms with Crippen molar-refractivity contribution in [2.24, 2.45) is 23.7 Å². The van der Waals surface area contributed by atoms with Crippen LogP contribution in [0.5, 0.6) is 5.75 Å². The molecule has 2 aromatic carbocycles. The maximum atomic E-state index is 13.3. The number of rotatable bonds is 1. The maximum Gasteiger partial charge on any atom is 0.264 e. The van der Waals surface area contributed by atoms with Crippen LogP contribution in [0.1, 0.15) is 61.0 Å². The number of allylic oxidation sites excluding steroid dienone is 1. The van der Waals surface area contributed by atoms with Gasteiger partial charge in [0.15, 0.2) is 0 Å². The summed E-state index contributed by atoms with van der Waals surface area (Å²) < 4.78 is 40.9. The SMILES string of the molecule is CO[C@H]1/C=C/[C@H](C)[C@H](C)CS(=O)(=O)NC(=O)c2ccc3c(c2)N(C[C@@H]2CC[C@H]21)C[C@@]1(CCCc2cc(Cl)ccc21)CO3. The number of anilines is 1. The summed E-state index contributed by atoms with van der Waals surface area (Å²) in [6.45, 7) is 5.99. The van der Waals surface area contributed by atoms with Crippen molar-refractivity contribution in [2.45, 2.75) is 57.5 Å². The van der Waals surface area contributed by atoms with E-state index in [-0.39, 0.29) is 29.1 Å². The lowest BCUT2D eigenvalue weighted by atomic mass is 9.68. The molecule has 0 aromatic heterocycles. The Kier molecular flexibility index (Phi) is 8.09. The number of aryl methyl sites for hydroxylation is 1.